The molecule has 0 aliphatic carbocycles. The zero-order chi connectivity index (χ0) is 64.7. The lowest BCUT2D eigenvalue weighted by molar-refractivity contribution is -0.390. The van der Waals surface area contributed by atoms with E-state index >= 15 is 0 Å². The van der Waals surface area contributed by atoms with Gasteiger partial charge in [-0.2, -0.15) is 0 Å². The first-order valence-electron chi connectivity index (χ1n) is 28.7. The average Bonchev–Trinajstić information content (AvgIpc) is 1.79. The predicted molar refractivity (Wildman–Crippen MR) is 269 cm³/mol. The number of rotatable bonds is 21. The van der Waals surface area contributed by atoms with Crippen LogP contribution in [0, 0.1) is 11.8 Å². The topological polar surface area (TPSA) is 604 Å². The number of aliphatic hydroxyl groups is 23. The molecular weight excluding hydrogens is 1210 g/mol. The lowest BCUT2D eigenvalue weighted by Crippen LogP contribution is -2.67. The molecule has 38 heteroatoms. The molecule has 0 bridgehead atoms. The van der Waals surface area contributed by atoms with Crippen LogP contribution in [0.1, 0.15) is 20.8 Å². The first-order valence-corrected chi connectivity index (χ1v) is 28.7. The van der Waals surface area contributed by atoms with E-state index in [4.69, 9.17) is 71.1 Å². The fraction of sp³-hybridized carbons (Fsp3) is 1.00. The molecule has 0 aromatic carbocycles. The monoisotopic (exact) mass is 1290 g/mol. The second-order valence-electron chi connectivity index (χ2n) is 23.2. The molecule has 8 fully saturated rings. The predicted octanol–water partition coefficient (Wildman–Crippen LogP) is -14.9. The lowest BCUT2D eigenvalue weighted by Gasteiger charge is -2.50. The third-order valence-electron chi connectivity index (χ3n) is 17.2. The Morgan fingerprint density at radius 1 is 0.239 bits per heavy atom. The van der Waals surface area contributed by atoms with Crippen LogP contribution >= 0.6 is 0 Å². The highest BCUT2D eigenvalue weighted by Gasteiger charge is 2.58. The zero-order valence-corrected chi connectivity index (χ0v) is 47.5. The Hall–Kier alpha value is -1.52. The minimum atomic E-state index is -2.26. The molecule has 38 nitrogen and oxygen atoms in total. The Kier molecular flexibility index (Phi) is 25.4. The maximum Gasteiger partial charge on any atom is 0.187 e. The molecule has 8 heterocycles. The second kappa shape index (κ2) is 30.9. The van der Waals surface area contributed by atoms with Gasteiger partial charge in [-0.05, 0) is 6.92 Å². The highest BCUT2D eigenvalue weighted by Crippen LogP contribution is 2.39. The Balaban J connectivity index is 1.03. The van der Waals surface area contributed by atoms with E-state index in [2.05, 4.69) is 0 Å². The van der Waals surface area contributed by atoms with Crippen molar-refractivity contribution in [1.29, 1.82) is 0 Å². The molecule has 8 saturated heterocycles. The molecular formula is C50H86O38. The molecule has 0 spiro atoms. The molecule has 88 heavy (non-hydrogen) atoms. The van der Waals surface area contributed by atoms with Crippen molar-refractivity contribution in [3.05, 3.63) is 0 Å². The van der Waals surface area contributed by atoms with Crippen molar-refractivity contribution in [2.75, 3.05) is 46.2 Å². The molecule has 0 aromatic heterocycles. The lowest BCUT2D eigenvalue weighted by atomic mass is 9.90. The summed E-state index contributed by atoms with van der Waals surface area (Å²) in [6.07, 6.45) is -69.8. The maximum absolute atomic E-state index is 12.0. The number of hydrogen-bond acceptors (Lipinski definition) is 38. The Labute approximate surface area is 500 Å². The Morgan fingerprint density at radius 3 is 1.01 bits per heavy atom. The Bertz CT molecular complexity index is 2110. The van der Waals surface area contributed by atoms with Crippen LogP contribution < -0.4 is 0 Å². The van der Waals surface area contributed by atoms with Crippen LogP contribution in [0.4, 0.5) is 0 Å². The zero-order valence-electron chi connectivity index (χ0n) is 47.5. The van der Waals surface area contributed by atoms with E-state index in [0.717, 1.165) is 0 Å². The van der Waals surface area contributed by atoms with Crippen molar-refractivity contribution in [1.82, 2.24) is 0 Å². The SMILES string of the molecule is CC1OC(OCC2OC(O)C(C)C(O)C2OC2OC(CO)C(OC3OC(COC4OC(COC5OC(CO)C(O)C(O)C5O)C(O)C(OC5OC(CO)C(O)C(O)C5O)C4O)C(O)C(OC4OC(CO)C(O)C(O)C4O)C3O)C(O)C2C)C(O)C(O)C1O. The van der Waals surface area contributed by atoms with Gasteiger partial charge in [-0.15, -0.1) is 0 Å². The van der Waals surface area contributed by atoms with E-state index in [1.807, 2.05) is 0 Å². The smallest absolute Gasteiger partial charge is 0.187 e. The van der Waals surface area contributed by atoms with Gasteiger partial charge in [-0.1, -0.05) is 13.8 Å². The third kappa shape index (κ3) is 15.1. The number of hydrogen-bond donors (Lipinski definition) is 23. The standard InChI is InChI=1S/C50H86O38/c1-11-21(55)40(20(78-43(11)73)10-76-45-33(67)29(63)23(57)13(3)77-45)85-44-12(2)22(56)39(17(7-54)82-44)86-50-38(72)42(88-49-36(70)32(66)26(60)16(6-53)81-49)28(62)19(84-50)9-75-47-37(71)41(87-48-35(69)31(65)25(59)15(5-52)80-48)27(61)18(83-47)8-74-46-34(68)30(64)24(58)14(4-51)79-46/h11-73H,4-10H2,1-3H3. The fourth-order valence-electron chi connectivity index (χ4n) is 11.5. The molecule has 0 amide bonds. The largest absolute Gasteiger partial charge is 0.394 e. The Morgan fingerprint density at radius 2 is 0.545 bits per heavy atom. The van der Waals surface area contributed by atoms with Crippen LogP contribution in [0.25, 0.3) is 0 Å². The maximum atomic E-state index is 12.0. The van der Waals surface area contributed by atoms with Crippen molar-refractivity contribution >= 4 is 0 Å². The van der Waals surface area contributed by atoms with Crippen molar-refractivity contribution in [3.8, 4) is 0 Å². The van der Waals surface area contributed by atoms with E-state index in [1.165, 1.54) is 20.8 Å². The van der Waals surface area contributed by atoms with E-state index in [9.17, 15) is 117 Å². The van der Waals surface area contributed by atoms with E-state index in [0.29, 0.717) is 0 Å². The average molecular weight is 1300 g/mol. The molecule has 8 aliphatic heterocycles. The summed E-state index contributed by atoms with van der Waals surface area (Å²) < 4.78 is 86.6. The number of ether oxygens (including phenoxy) is 15. The van der Waals surface area contributed by atoms with E-state index < -0.39 is 292 Å². The molecule has 0 saturated carbocycles. The van der Waals surface area contributed by atoms with Gasteiger partial charge in [0, 0.05) is 11.8 Å². The molecule has 8 aliphatic rings. The normalized spacial score (nSPS) is 54.1. The summed E-state index contributed by atoms with van der Waals surface area (Å²) in [6, 6.07) is 0. The van der Waals surface area contributed by atoms with Crippen LogP contribution in [0.3, 0.4) is 0 Å². The van der Waals surface area contributed by atoms with Gasteiger partial charge >= 0.3 is 0 Å². The summed E-state index contributed by atoms with van der Waals surface area (Å²) in [5, 5.41) is 248. The van der Waals surface area contributed by atoms with E-state index in [-0.39, 0.29) is 0 Å². The summed E-state index contributed by atoms with van der Waals surface area (Å²) in [7, 11) is 0. The van der Waals surface area contributed by atoms with Crippen LogP contribution in [0.2, 0.25) is 0 Å². The summed E-state index contributed by atoms with van der Waals surface area (Å²) in [6.45, 7) is -2.09. The van der Waals surface area contributed by atoms with Crippen molar-refractivity contribution in [2.45, 2.75) is 254 Å². The molecule has 23 N–H and O–H groups in total. The second-order valence-corrected chi connectivity index (χ2v) is 23.2. The summed E-state index contributed by atoms with van der Waals surface area (Å²) in [5.74, 6) is -2.28. The van der Waals surface area contributed by atoms with Crippen LogP contribution in [0.15, 0.2) is 0 Å². The van der Waals surface area contributed by atoms with Gasteiger partial charge in [0.15, 0.2) is 50.3 Å². The van der Waals surface area contributed by atoms with Gasteiger partial charge in [0.05, 0.1) is 64.6 Å². The van der Waals surface area contributed by atoms with Gasteiger partial charge < -0.3 is 189 Å². The molecule has 40 unspecified atom stereocenters. The van der Waals surface area contributed by atoms with Crippen LogP contribution in [-0.2, 0) is 71.1 Å². The first-order chi connectivity index (χ1) is 41.6. The van der Waals surface area contributed by atoms with Crippen molar-refractivity contribution in [2.24, 2.45) is 11.8 Å². The van der Waals surface area contributed by atoms with Gasteiger partial charge in [-0.25, -0.2) is 0 Å². The van der Waals surface area contributed by atoms with Crippen molar-refractivity contribution in [3.63, 3.8) is 0 Å². The fourth-order valence-corrected chi connectivity index (χ4v) is 11.5. The number of aliphatic hydroxyl groups excluding tert-OH is 23. The highest BCUT2D eigenvalue weighted by atomic mass is 16.8. The third-order valence-corrected chi connectivity index (χ3v) is 17.2. The van der Waals surface area contributed by atoms with Gasteiger partial charge in [-0.3, -0.25) is 0 Å². The minimum Gasteiger partial charge on any atom is -0.394 e. The molecule has 8 rings (SSSR count). The summed E-state index contributed by atoms with van der Waals surface area (Å²) in [5.41, 5.74) is 0. The highest BCUT2D eigenvalue weighted by molar-refractivity contribution is 5.00. The van der Waals surface area contributed by atoms with Gasteiger partial charge in [0.25, 0.3) is 0 Å². The molecule has 0 aromatic rings. The van der Waals surface area contributed by atoms with E-state index in [1.54, 1.807) is 0 Å². The molecule has 514 valence electrons. The first kappa shape index (κ1) is 72.3. The van der Waals surface area contributed by atoms with Crippen LogP contribution in [0.5, 0.6) is 0 Å². The quantitative estimate of drug-likeness (QED) is 0.0507. The minimum absolute atomic E-state index is 0.591. The van der Waals surface area contributed by atoms with Gasteiger partial charge in [0.1, 0.15) is 165 Å². The molecule has 40 atom stereocenters. The summed E-state index contributed by atoms with van der Waals surface area (Å²) >= 11 is 0. The van der Waals surface area contributed by atoms with Crippen LogP contribution in [-0.4, -0.2) is 397 Å². The van der Waals surface area contributed by atoms with Gasteiger partial charge in [0.2, 0.25) is 0 Å². The summed E-state index contributed by atoms with van der Waals surface area (Å²) in [4.78, 5) is 0. The molecule has 0 radical (unpaired) electrons. The van der Waals surface area contributed by atoms with Crippen molar-refractivity contribution < 1.29 is 189 Å².